The van der Waals surface area contributed by atoms with Gasteiger partial charge in [0.05, 0.1) is 27.9 Å². The molecule has 0 amide bonds. The van der Waals surface area contributed by atoms with Crippen molar-refractivity contribution >= 4 is 28.6 Å². The molecule has 0 aromatic heterocycles. The van der Waals surface area contributed by atoms with Crippen LogP contribution in [-0.4, -0.2) is 21.8 Å². The zero-order valence-electron chi connectivity index (χ0n) is 13.5. The summed E-state index contributed by atoms with van der Waals surface area (Å²) in [5.41, 5.74) is 6.64. The molecule has 4 rings (SSSR count). The van der Waals surface area contributed by atoms with Crippen molar-refractivity contribution in [1.82, 2.24) is 0 Å². The maximum atomic E-state index is 13.1. The van der Waals surface area contributed by atoms with E-state index in [0.29, 0.717) is 11.4 Å². The van der Waals surface area contributed by atoms with Gasteiger partial charge in [-0.2, -0.15) is 0 Å². The van der Waals surface area contributed by atoms with Gasteiger partial charge in [-0.3, -0.25) is 9.59 Å². The summed E-state index contributed by atoms with van der Waals surface area (Å²) < 4.78 is 0. The van der Waals surface area contributed by atoms with E-state index in [1.165, 1.54) is 24.3 Å². The zero-order chi connectivity index (χ0) is 18.4. The van der Waals surface area contributed by atoms with Gasteiger partial charge in [-0.05, 0) is 36.4 Å². The molecule has 3 aromatic rings. The minimum absolute atomic E-state index is 0.00672. The molecule has 0 atom stereocenters. The molecule has 0 unspecified atom stereocenters. The van der Waals surface area contributed by atoms with Crippen molar-refractivity contribution < 1.29 is 19.8 Å². The summed E-state index contributed by atoms with van der Waals surface area (Å²) in [5.74, 6) is -1.82. The standard InChI is InChI=1S/C20H14N2O4/c21-11-6-8-13(23)17-15(11)19(25)18-14(24)9-7-12(16(18)20(17)26)22-10-4-2-1-3-5-10/h1-9,22-24H,21H2. The van der Waals surface area contributed by atoms with Gasteiger partial charge in [0.1, 0.15) is 11.5 Å². The second kappa shape index (κ2) is 5.63. The molecule has 0 heterocycles. The van der Waals surface area contributed by atoms with Crippen LogP contribution in [0.1, 0.15) is 31.8 Å². The predicted octanol–water partition coefficient (Wildman–Crippen LogP) is 3.20. The molecule has 6 heteroatoms. The smallest absolute Gasteiger partial charge is 0.200 e. The number of benzene rings is 3. The van der Waals surface area contributed by atoms with E-state index in [-0.39, 0.29) is 39.4 Å². The van der Waals surface area contributed by atoms with Crippen molar-refractivity contribution in [2.75, 3.05) is 11.1 Å². The lowest BCUT2D eigenvalue weighted by atomic mass is 9.81. The van der Waals surface area contributed by atoms with E-state index in [9.17, 15) is 19.8 Å². The van der Waals surface area contributed by atoms with Crippen LogP contribution in [0.3, 0.4) is 0 Å². The molecule has 0 saturated carbocycles. The number of carbonyl (C=O) groups excluding carboxylic acids is 2. The van der Waals surface area contributed by atoms with Crippen LogP contribution in [0.15, 0.2) is 54.6 Å². The highest BCUT2D eigenvalue weighted by Gasteiger charge is 2.37. The van der Waals surface area contributed by atoms with Gasteiger partial charge in [0.25, 0.3) is 0 Å². The summed E-state index contributed by atoms with van der Waals surface area (Å²) >= 11 is 0. The molecule has 1 aliphatic carbocycles. The summed E-state index contributed by atoms with van der Waals surface area (Å²) in [6, 6.07) is 14.6. The third-order valence-electron chi connectivity index (χ3n) is 4.36. The Morgan fingerprint density at radius 2 is 1.27 bits per heavy atom. The number of anilines is 3. The van der Waals surface area contributed by atoms with Gasteiger partial charge in [-0.25, -0.2) is 0 Å². The third-order valence-corrected chi connectivity index (χ3v) is 4.36. The lowest BCUT2D eigenvalue weighted by molar-refractivity contribution is 0.0975. The van der Waals surface area contributed by atoms with Crippen molar-refractivity contribution in [2.45, 2.75) is 0 Å². The van der Waals surface area contributed by atoms with Gasteiger partial charge in [0, 0.05) is 11.4 Å². The van der Waals surface area contributed by atoms with Crippen molar-refractivity contribution in [2.24, 2.45) is 0 Å². The summed E-state index contributed by atoms with van der Waals surface area (Å²) in [5, 5.41) is 23.4. The predicted molar refractivity (Wildman–Crippen MR) is 97.2 cm³/mol. The number of aromatic hydroxyl groups is 2. The van der Waals surface area contributed by atoms with E-state index < -0.39 is 11.6 Å². The van der Waals surface area contributed by atoms with E-state index in [1.54, 1.807) is 12.1 Å². The van der Waals surface area contributed by atoms with Crippen LogP contribution in [0.5, 0.6) is 11.5 Å². The quantitative estimate of drug-likeness (QED) is 0.327. The first-order chi connectivity index (χ1) is 12.5. The average Bonchev–Trinajstić information content (AvgIpc) is 2.63. The number of fused-ring (bicyclic) bond motifs is 2. The number of nitrogens with two attached hydrogens (primary N) is 1. The van der Waals surface area contributed by atoms with Crippen LogP contribution in [-0.2, 0) is 0 Å². The van der Waals surface area contributed by atoms with Gasteiger partial charge in [0.2, 0.25) is 11.6 Å². The van der Waals surface area contributed by atoms with Crippen LogP contribution >= 0.6 is 0 Å². The number of phenols is 2. The zero-order valence-corrected chi connectivity index (χ0v) is 13.5. The van der Waals surface area contributed by atoms with Crippen molar-refractivity contribution in [3.63, 3.8) is 0 Å². The van der Waals surface area contributed by atoms with Gasteiger partial charge >= 0.3 is 0 Å². The highest BCUT2D eigenvalue weighted by Crippen LogP contribution is 2.42. The molecule has 26 heavy (non-hydrogen) atoms. The van der Waals surface area contributed by atoms with Crippen LogP contribution < -0.4 is 11.1 Å². The first kappa shape index (κ1) is 15.7. The lowest BCUT2D eigenvalue weighted by Crippen LogP contribution is -2.23. The molecule has 0 aliphatic heterocycles. The van der Waals surface area contributed by atoms with Gasteiger partial charge < -0.3 is 21.3 Å². The number of ketones is 2. The number of para-hydroxylation sites is 1. The minimum atomic E-state index is -0.600. The highest BCUT2D eigenvalue weighted by atomic mass is 16.3. The first-order valence-electron chi connectivity index (χ1n) is 7.88. The van der Waals surface area contributed by atoms with Crippen molar-refractivity contribution in [3.05, 3.63) is 76.9 Å². The number of carbonyl (C=O) groups is 2. The fraction of sp³-hybridized carbons (Fsp3) is 0. The molecular weight excluding hydrogens is 332 g/mol. The number of hydrogen-bond acceptors (Lipinski definition) is 6. The molecule has 0 fully saturated rings. The molecule has 3 aromatic carbocycles. The Kier molecular flexibility index (Phi) is 3.40. The second-order valence-corrected chi connectivity index (χ2v) is 5.96. The Morgan fingerprint density at radius 3 is 1.96 bits per heavy atom. The summed E-state index contributed by atoms with van der Waals surface area (Å²) in [4.78, 5) is 26.0. The molecule has 6 nitrogen and oxygen atoms in total. The van der Waals surface area contributed by atoms with Crippen LogP contribution in [0.2, 0.25) is 0 Å². The molecule has 0 spiro atoms. The minimum Gasteiger partial charge on any atom is -0.507 e. The van der Waals surface area contributed by atoms with Crippen LogP contribution in [0.25, 0.3) is 0 Å². The Hall–Kier alpha value is -3.80. The van der Waals surface area contributed by atoms with E-state index in [4.69, 9.17) is 5.73 Å². The fourth-order valence-corrected chi connectivity index (χ4v) is 3.17. The number of nitrogens with one attached hydrogen (secondary N) is 1. The summed E-state index contributed by atoms with van der Waals surface area (Å²) in [6.07, 6.45) is 0. The molecule has 128 valence electrons. The molecule has 0 bridgehead atoms. The number of nitrogen functional groups attached to an aromatic ring is 1. The molecule has 5 N–H and O–H groups in total. The first-order valence-corrected chi connectivity index (χ1v) is 7.88. The lowest BCUT2D eigenvalue weighted by Gasteiger charge is -2.23. The Balaban J connectivity index is 1.96. The number of rotatable bonds is 2. The molecular formula is C20H14N2O4. The molecule has 0 saturated heterocycles. The van der Waals surface area contributed by atoms with Gasteiger partial charge in [-0.15, -0.1) is 0 Å². The maximum absolute atomic E-state index is 13.1. The van der Waals surface area contributed by atoms with E-state index in [2.05, 4.69) is 5.32 Å². The van der Waals surface area contributed by atoms with Gasteiger partial charge in [0.15, 0.2) is 0 Å². The van der Waals surface area contributed by atoms with Crippen molar-refractivity contribution in [3.8, 4) is 11.5 Å². The average molecular weight is 346 g/mol. The second-order valence-electron chi connectivity index (χ2n) is 5.96. The monoisotopic (exact) mass is 346 g/mol. The van der Waals surface area contributed by atoms with Crippen LogP contribution in [0, 0.1) is 0 Å². The molecule has 0 radical (unpaired) electrons. The Bertz CT molecular complexity index is 1070. The van der Waals surface area contributed by atoms with E-state index >= 15 is 0 Å². The maximum Gasteiger partial charge on any atom is 0.200 e. The highest BCUT2D eigenvalue weighted by molar-refractivity contribution is 6.33. The largest absolute Gasteiger partial charge is 0.507 e. The summed E-state index contributed by atoms with van der Waals surface area (Å²) in [7, 11) is 0. The van der Waals surface area contributed by atoms with E-state index in [0.717, 1.165) is 0 Å². The Labute approximate surface area is 148 Å². The fourth-order valence-electron chi connectivity index (χ4n) is 3.17. The van der Waals surface area contributed by atoms with Gasteiger partial charge in [-0.1, -0.05) is 18.2 Å². The SMILES string of the molecule is Nc1ccc(O)c2c1C(=O)c1c(O)ccc(Nc3ccccc3)c1C2=O. The van der Waals surface area contributed by atoms with E-state index in [1.807, 2.05) is 18.2 Å². The summed E-state index contributed by atoms with van der Waals surface area (Å²) in [6.45, 7) is 0. The van der Waals surface area contributed by atoms with Crippen molar-refractivity contribution in [1.29, 1.82) is 0 Å². The topological polar surface area (TPSA) is 113 Å². The Morgan fingerprint density at radius 1 is 0.692 bits per heavy atom. The van der Waals surface area contributed by atoms with Crippen LogP contribution in [0.4, 0.5) is 17.1 Å². The number of hydrogen-bond donors (Lipinski definition) is 4. The molecule has 1 aliphatic rings. The number of phenolic OH excluding ortho intramolecular Hbond substituents is 2. The normalized spacial score (nSPS) is 12.5. The third kappa shape index (κ3) is 2.20.